The van der Waals surface area contributed by atoms with Gasteiger partial charge in [0, 0.05) is 51.3 Å². The molecule has 1 unspecified atom stereocenters. The number of halogens is 2. The number of hydrogen-bond donors (Lipinski definition) is 2. The molecule has 7 nitrogen and oxygen atoms in total. The van der Waals surface area contributed by atoms with Crippen LogP contribution in [0.2, 0.25) is 0 Å². The van der Waals surface area contributed by atoms with E-state index in [2.05, 4.69) is 44.0 Å². The lowest BCUT2D eigenvalue weighted by molar-refractivity contribution is 0.503. The van der Waals surface area contributed by atoms with Gasteiger partial charge in [0.2, 0.25) is 0 Å². The maximum Gasteiger partial charge on any atom is 0.191 e. The highest BCUT2D eigenvalue weighted by atomic mass is 127. The minimum atomic E-state index is -0.280. The third-order valence-electron chi connectivity index (χ3n) is 4.57. The molecule has 3 rings (SSSR count). The molecular formula is C19H29FIN7. The number of pyridine rings is 1. The Balaban J connectivity index is 0.00000280. The fourth-order valence-electron chi connectivity index (χ4n) is 3.30. The predicted octanol–water partition coefficient (Wildman–Crippen LogP) is 2.64. The van der Waals surface area contributed by atoms with Crippen LogP contribution in [-0.2, 0) is 13.1 Å². The summed E-state index contributed by atoms with van der Waals surface area (Å²) in [4.78, 5) is 14.9. The van der Waals surface area contributed by atoms with E-state index in [9.17, 15) is 4.39 Å². The highest BCUT2D eigenvalue weighted by Crippen LogP contribution is 2.20. The number of nitrogens with zero attached hydrogens (tertiary/aromatic N) is 5. The van der Waals surface area contributed by atoms with Gasteiger partial charge in [-0.3, -0.25) is 4.99 Å². The first kappa shape index (κ1) is 22.4. The summed E-state index contributed by atoms with van der Waals surface area (Å²) in [6.07, 6.45) is 6.35. The molecule has 1 saturated heterocycles. The van der Waals surface area contributed by atoms with E-state index in [-0.39, 0.29) is 35.8 Å². The van der Waals surface area contributed by atoms with Crippen LogP contribution in [0, 0.1) is 11.7 Å². The quantitative estimate of drug-likeness (QED) is 0.362. The van der Waals surface area contributed by atoms with Gasteiger partial charge >= 0.3 is 0 Å². The highest BCUT2D eigenvalue weighted by Gasteiger charge is 2.26. The van der Waals surface area contributed by atoms with Gasteiger partial charge < -0.3 is 20.1 Å². The van der Waals surface area contributed by atoms with Crippen LogP contribution >= 0.6 is 24.0 Å². The number of nitrogens with one attached hydrogen (secondary N) is 2. The van der Waals surface area contributed by atoms with E-state index in [1.165, 1.54) is 6.07 Å². The van der Waals surface area contributed by atoms with E-state index >= 15 is 0 Å². The minimum Gasteiger partial charge on any atom is -0.352 e. The molecule has 0 bridgehead atoms. The van der Waals surface area contributed by atoms with Crippen LogP contribution in [0.4, 0.5) is 10.2 Å². The van der Waals surface area contributed by atoms with Gasteiger partial charge in [0.1, 0.15) is 5.82 Å². The van der Waals surface area contributed by atoms with Crippen LogP contribution in [0.1, 0.15) is 26.1 Å². The maximum absolute atomic E-state index is 13.9. The van der Waals surface area contributed by atoms with Crippen molar-refractivity contribution in [2.45, 2.75) is 39.4 Å². The zero-order chi connectivity index (χ0) is 19.2. The zero-order valence-corrected chi connectivity index (χ0v) is 18.9. The standard InChI is InChI=1S/C19H28FN7.HI/c1-14(2)12-26-10-8-22-17(26)11-24-19(21-3)25-15-6-9-27(13-15)18-16(20)5-4-7-23-18;/h4-5,7-8,10,14-15H,6,9,11-13H2,1-3H3,(H2,21,24,25);1H. The molecule has 0 spiro atoms. The van der Waals surface area contributed by atoms with Gasteiger partial charge in [-0.15, -0.1) is 24.0 Å². The Morgan fingerprint density at radius 2 is 2.18 bits per heavy atom. The maximum atomic E-state index is 13.9. The normalized spacial score (nSPS) is 17.0. The van der Waals surface area contributed by atoms with Crippen molar-refractivity contribution in [3.63, 3.8) is 0 Å². The molecule has 0 saturated carbocycles. The Bertz CT molecular complexity index is 777. The van der Waals surface area contributed by atoms with Gasteiger partial charge in [0.05, 0.1) is 6.54 Å². The Labute approximate surface area is 182 Å². The molecule has 3 heterocycles. The van der Waals surface area contributed by atoms with Crippen LogP contribution in [0.25, 0.3) is 0 Å². The molecule has 0 aromatic carbocycles. The summed E-state index contributed by atoms with van der Waals surface area (Å²) in [5.74, 6) is 2.41. The van der Waals surface area contributed by atoms with E-state index < -0.39 is 0 Å². The van der Waals surface area contributed by atoms with Gasteiger partial charge in [0.15, 0.2) is 17.6 Å². The number of anilines is 1. The SMILES string of the molecule is CN=C(NCc1nccn1CC(C)C)NC1CCN(c2ncccc2F)C1.I. The molecule has 9 heteroatoms. The summed E-state index contributed by atoms with van der Waals surface area (Å²) >= 11 is 0. The van der Waals surface area contributed by atoms with Crippen LogP contribution < -0.4 is 15.5 Å². The molecule has 2 aromatic rings. The topological polar surface area (TPSA) is 70.4 Å². The molecule has 1 atom stereocenters. The van der Waals surface area contributed by atoms with Gasteiger partial charge in [-0.05, 0) is 24.5 Å². The lowest BCUT2D eigenvalue weighted by atomic mass is 10.2. The van der Waals surface area contributed by atoms with E-state index in [0.29, 0.717) is 24.8 Å². The molecule has 0 aliphatic carbocycles. The number of aromatic nitrogens is 3. The van der Waals surface area contributed by atoms with Crippen molar-refractivity contribution in [1.29, 1.82) is 0 Å². The summed E-state index contributed by atoms with van der Waals surface area (Å²) < 4.78 is 16.1. The monoisotopic (exact) mass is 501 g/mol. The van der Waals surface area contributed by atoms with Crippen LogP contribution in [0.15, 0.2) is 35.7 Å². The molecule has 1 fully saturated rings. The predicted molar refractivity (Wildman–Crippen MR) is 121 cm³/mol. The zero-order valence-electron chi connectivity index (χ0n) is 16.6. The van der Waals surface area contributed by atoms with Gasteiger partial charge in [-0.1, -0.05) is 13.8 Å². The number of hydrogen-bond acceptors (Lipinski definition) is 4. The molecular weight excluding hydrogens is 472 g/mol. The molecule has 1 aliphatic rings. The lowest BCUT2D eigenvalue weighted by Gasteiger charge is -2.20. The first-order valence-corrected chi connectivity index (χ1v) is 9.39. The van der Waals surface area contributed by atoms with Gasteiger partial charge in [0.25, 0.3) is 0 Å². The third kappa shape index (κ3) is 5.79. The molecule has 0 amide bonds. The number of rotatable bonds is 6. The first-order valence-electron chi connectivity index (χ1n) is 9.39. The van der Waals surface area contributed by atoms with Crippen molar-refractivity contribution in [3.05, 3.63) is 42.4 Å². The smallest absolute Gasteiger partial charge is 0.191 e. The van der Waals surface area contributed by atoms with Gasteiger partial charge in [-0.25, -0.2) is 14.4 Å². The Morgan fingerprint density at radius 3 is 2.89 bits per heavy atom. The van der Waals surface area contributed by atoms with Crippen molar-refractivity contribution in [1.82, 2.24) is 25.2 Å². The Morgan fingerprint density at radius 1 is 1.36 bits per heavy atom. The van der Waals surface area contributed by atoms with E-state index in [1.807, 2.05) is 17.3 Å². The summed E-state index contributed by atoms with van der Waals surface area (Å²) in [5, 5.41) is 6.74. The fourth-order valence-corrected chi connectivity index (χ4v) is 3.30. The average molecular weight is 501 g/mol. The van der Waals surface area contributed by atoms with Crippen LogP contribution in [0.5, 0.6) is 0 Å². The molecule has 2 aromatic heterocycles. The van der Waals surface area contributed by atoms with Crippen LogP contribution in [-0.4, -0.2) is 46.7 Å². The molecule has 2 N–H and O–H groups in total. The van der Waals surface area contributed by atoms with Crippen LogP contribution in [0.3, 0.4) is 0 Å². The molecule has 0 radical (unpaired) electrons. The minimum absolute atomic E-state index is 0. The second-order valence-corrected chi connectivity index (χ2v) is 7.20. The van der Waals surface area contributed by atoms with E-state index in [0.717, 1.165) is 31.3 Å². The Kier molecular flexibility index (Phi) is 8.46. The number of guanidine groups is 1. The fraction of sp³-hybridized carbons (Fsp3) is 0.526. The molecule has 1 aliphatic heterocycles. The molecule has 28 heavy (non-hydrogen) atoms. The highest BCUT2D eigenvalue weighted by molar-refractivity contribution is 14.0. The van der Waals surface area contributed by atoms with E-state index in [1.54, 1.807) is 19.3 Å². The number of imidazole rings is 1. The van der Waals surface area contributed by atoms with Gasteiger partial charge in [-0.2, -0.15) is 0 Å². The summed E-state index contributed by atoms with van der Waals surface area (Å²) in [5.41, 5.74) is 0. The van der Waals surface area contributed by atoms with Crippen molar-refractivity contribution >= 4 is 35.8 Å². The average Bonchev–Trinajstić information content (AvgIpc) is 3.28. The third-order valence-corrected chi connectivity index (χ3v) is 4.57. The lowest BCUT2D eigenvalue weighted by Crippen LogP contribution is -2.44. The second-order valence-electron chi connectivity index (χ2n) is 7.20. The summed E-state index contributed by atoms with van der Waals surface area (Å²) in [6, 6.07) is 3.25. The Hall–Kier alpha value is -1.91. The largest absolute Gasteiger partial charge is 0.352 e. The summed E-state index contributed by atoms with van der Waals surface area (Å²) in [7, 11) is 1.75. The summed E-state index contributed by atoms with van der Waals surface area (Å²) in [6.45, 7) is 7.38. The van der Waals surface area contributed by atoms with E-state index in [4.69, 9.17) is 0 Å². The second kappa shape index (κ2) is 10.6. The van der Waals surface area contributed by atoms with Crippen molar-refractivity contribution < 1.29 is 4.39 Å². The van der Waals surface area contributed by atoms with Crippen molar-refractivity contribution in [2.75, 3.05) is 25.0 Å². The van der Waals surface area contributed by atoms with Crippen molar-refractivity contribution in [2.24, 2.45) is 10.9 Å². The first-order chi connectivity index (χ1) is 13.1. The molecule has 154 valence electrons. The number of aliphatic imine (C=N–C) groups is 1. The van der Waals surface area contributed by atoms with Crippen molar-refractivity contribution in [3.8, 4) is 0 Å².